The van der Waals surface area contributed by atoms with Crippen LogP contribution in [0.4, 0.5) is 4.39 Å². The van der Waals surface area contributed by atoms with Crippen molar-refractivity contribution in [1.29, 1.82) is 0 Å². The third kappa shape index (κ3) is 4.83. The molecule has 2 aromatic carbocycles. The highest BCUT2D eigenvalue weighted by Crippen LogP contribution is 2.40. The van der Waals surface area contributed by atoms with Crippen LogP contribution in [0.3, 0.4) is 0 Å². The number of benzene rings is 2. The number of aliphatic hydroxyl groups excluding tert-OH is 1. The number of Topliss-reactive ketones (excluding diaryl/α,β-unsaturated/α-hetero) is 1. The third-order valence-electron chi connectivity index (χ3n) is 4.95. The summed E-state index contributed by atoms with van der Waals surface area (Å²) in [5.41, 5.74) is 0.817. The van der Waals surface area contributed by atoms with Gasteiger partial charge in [0.05, 0.1) is 11.6 Å². The minimum absolute atomic E-state index is 0.0464. The number of nitrogens with zero attached hydrogens (tertiary/aromatic N) is 1. The fourth-order valence-corrected chi connectivity index (χ4v) is 3.53. The zero-order valence-electron chi connectivity index (χ0n) is 17.2. The van der Waals surface area contributed by atoms with Crippen LogP contribution in [0.5, 0.6) is 5.75 Å². The molecule has 162 valence electrons. The molecular weight excluding hydrogens is 401 g/mol. The van der Waals surface area contributed by atoms with Crippen molar-refractivity contribution in [1.82, 2.24) is 4.90 Å². The van der Waals surface area contributed by atoms with Crippen molar-refractivity contribution in [2.75, 3.05) is 26.9 Å². The van der Waals surface area contributed by atoms with Crippen LogP contribution in [0.2, 0.25) is 0 Å². The van der Waals surface area contributed by atoms with Gasteiger partial charge in [-0.3, -0.25) is 9.59 Å². The Balaban J connectivity index is 2.10. The molecule has 6 nitrogen and oxygen atoms in total. The fraction of sp³-hybridized carbons (Fsp3) is 0.250. The summed E-state index contributed by atoms with van der Waals surface area (Å²) in [5, 5.41) is 10.9. The summed E-state index contributed by atoms with van der Waals surface area (Å²) in [6.45, 7) is 4.60. The van der Waals surface area contributed by atoms with Gasteiger partial charge in [0, 0.05) is 25.8 Å². The Morgan fingerprint density at radius 1 is 1.23 bits per heavy atom. The molecule has 1 aliphatic rings. The standard InChI is InChI=1S/C24H24FNO5/c1-3-13-31-19-7-4-6-17(15-19)21-20(22(27)16-8-10-18(25)11-9-16)23(28)24(29)26(21)12-5-14-30-2/h3-4,6-11,15,21,27H,1,5,12-14H2,2H3/t21-/m1/s1. The van der Waals surface area contributed by atoms with E-state index >= 15 is 0 Å². The predicted molar refractivity (Wildman–Crippen MR) is 114 cm³/mol. The van der Waals surface area contributed by atoms with E-state index in [4.69, 9.17) is 9.47 Å². The molecule has 7 heteroatoms. The van der Waals surface area contributed by atoms with Crippen molar-refractivity contribution < 1.29 is 28.6 Å². The molecule has 1 saturated heterocycles. The molecule has 1 atom stereocenters. The van der Waals surface area contributed by atoms with E-state index in [1.165, 1.54) is 29.2 Å². The minimum Gasteiger partial charge on any atom is -0.507 e. The number of amides is 1. The molecule has 1 amide bonds. The third-order valence-corrected chi connectivity index (χ3v) is 4.95. The second-order valence-corrected chi connectivity index (χ2v) is 7.02. The lowest BCUT2D eigenvalue weighted by atomic mass is 9.95. The molecule has 0 unspecified atom stereocenters. The average Bonchev–Trinajstić information content (AvgIpc) is 3.03. The Morgan fingerprint density at radius 2 is 1.97 bits per heavy atom. The fourth-order valence-electron chi connectivity index (χ4n) is 3.53. The maximum absolute atomic E-state index is 13.3. The summed E-state index contributed by atoms with van der Waals surface area (Å²) in [4.78, 5) is 27.2. The normalized spacial score (nSPS) is 17.7. The lowest BCUT2D eigenvalue weighted by Gasteiger charge is -2.25. The molecule has 1 fully saturated rings. The van der Waals surface area contributed by atoms with Crippen LogP contribution in [0.1, 0.15) is 23.6 Å². The lowest BCUT2D eigenvalue weighted by molar-refractivity contribution is -0.140. The highest BCUT2D eigenvalue weighted by molar-refractivity contribution is 6.46. The maximum Gasteiger partial charge on any atom is 0.295 e. The molecular formula is C24H24FNO5. The number of likely N-dealkylation sites (tertiary alicyclic amines) is 1. The van der Waals surface area contributed by atoms with Crippen LogP contribution < -0.4 is 4.74 Å². The first-order valence-corrected chi connectivity index (χ1v) is 9.85. The monoisotopic (exact) mass is 425 g/mol. The molecule has 0 saturated carbocycles. The highest BCUT2D eigenvalue weighted by atomic mass is 19.1. The highest BCUT2D eigenvalue weighted by Gasteiger charge is 2.45. The van der Waals surface area contributed by atoms with Gasteiger partial charge in [-0.05, 0) is 48.4 Å². The summed E-state index contributed by atoms with van der Waals surface area (Å²) in [7, 11) is 1.56. The summed E-state index contributed by atoms with van der Waals surface area (Å²) in [5.74, 6) is -1.78. The Bertz CT molecular complexity index is 999. The largest absolute Gasteiger partial charge is 0.507 e. The van der Waals surface area contributed by atoms with Gasteiger partial charge in [-0.2, -0.15) is 0 Å². The van der Waals surface area contributed by atoms with Gasteiger partial charge in [0.25, 0.3) is 11.7 Å². The van der Waals surface area contributed by atoms with Gasteiger partial charge in [-0.15, -0.1) is 0 Å². The Hall–Kier alpha value is -3.45. The molecule has 1 heterocycles. The van der Waals surface area contributed by atoms with E-state index in [0.717, 1.165) is 0 Å². The lowest BCUT2D eigenvalue weighted by Crippen LogP contribution is -2.31. The van der Waals surface area contributed by atoms with E-state index in [2.05, 4.69) is 6.58 Å². The number of methoxy groups -OCH3 is 1. The number of aliphatic hydroxyl groups is 1. The second-order valence-electron chi connectivity index (χ2n) is 7.02. The van der Waals surface area contributed by atoms with Crippen LogP contribution in [0, 0.1) is 5.82 Å². The molecule has 2 aromatic rings. The Morgan fingerprint density at radius 3 is 2.65 bits per heavy atom. The van der Waals surface area contributed by atoms with Crippen molar-refractivity contribution in [3.8, 4) is 5.75 Å². The number of halogens is 1. The first-order valence-electron chi connectivity index (χ1n) is 9.85. The molecule has 0 bridgehead atoms. The molecule has 0 spiro atoms. The van der Waals surface area contributed by atoms with Crippen LogP contribution in [-0.2, 0) is 14.3 Å². The van der Waals surface area contributed by atoms with Crippen LogP contribution >= 0.6 is 0 Å². The molecule has 1 N–H and O–H groups in total. The van der Waals surface area contributed by atoms with E-state index in [1.54, 1.807) is 37.5 Å². The number of hydrogen-bond acceptors (Lipinski definition) is 5. The van der Waals surface area contributed by atoms with Crippen LogP contribution in [0.15, 0.2) is 66.8 Å². The molecule has 31 heavy (non-hydrogen) atoms. The van der Waals surface area contributed by atoms with Gasteiger partial charge in [-0.25, -0.2) is 4.39 Å². The second kappa shape index (κ2) is 10.0. The van der Waals surface area contributed by atoms with Crippen LogP contribution in [-0.4, -0.2) is 48.6 Å². The topological polar surface area (TPSA) is 76.1 Å². The van der Waals surface area contributed by atoms with Crippen molar-refractivity contribution in [2.45, 2.75) is 12.5 Å². The average molecular weight is 425 g/mol. The maximum atomic E-state index is 13.3. The summed E-state index contributed by atoms with van der Waals surface area (Å²) < 4.78 is 24.0. The molecule has 0 aliphatic carbocycles. The molecule has 0 radical (unpaired) electrons. The van der Waals surface area contributed by atoms with Gasteiger partial charge in [0.15, 0.2) is 0 Å². The van der Waals surface area contributed by atoms with Gasteiger partial charge in [0.2, 0.25) is 0 Å². The van der Waals surface area contributed by atoms with E-state index in [9.17, 15) is 19.1 Å². The van der Waals surface area contributed by atoms with Gasteiger partial charge >= 0.3 is 0 Å². The Labute approximate surface area is 180 Å². The number of ketones is 1. The Kier molecular flexibility index (Phi) is 7.20. The number of rotatable bonds is 9. The zero-order chi connectivity index (χ0) is 22.4. The first-order chi connectivity index (χ1) is 15.0. The predicted octanol–water partition coefficient (Wildman–Crippen LogP) is 3.85. The van der Waals surface area contributed by atoms with Gasteiger partial charge in [0.1, 0.15) is 23.9 Å². The number of carbonyl (C=O) groups excluding carboxylic acids is 2. The molecule has 3 rings (SSSR count). The van der Waals surface area contributed by atoms with Crippen molar-refractivity contribution >= 4 is 17.4 Å². The summed E-state index contributed by atoms with van der Waals surface area (Å²) in [6.07, 6.45) is 2.13. The SMILES string of the molecule is C=CCOc1cccc([C@@H]2C(=C(O)c3ccc(F)cc3)C(=O)C(=O)N2CCCOC)c1. The summed E-state index contributed by atoms with van der Waals surface area (Å²) in [6, 6.07) is 11.3. The van der Waals surface area contributed by atoms with Crippen LogP contribution in [0.25, 0.3) is 5.76 Å². The smallest absolute Gasteiger partial charge is 0.295 e. The van der Waals surface area contributed by atoms with E-state index < -0.39 is 23.5 Å². The zero-order valence-corrected chi connectivity index (χ0v) is 17.2. The van der Waals surface area contributed by atoms with Crippen molar-refractivity contribution in [2.24, 2.45) is 0 Å². The quantitative estimate of drug-likeness (QED) is 0.217. The molecule has 1 aliphatic heterocycles. The van der Waals surface area contributed by atoms with E-state index in [-0.39, 0.29) is 23.4 Å². The number of hydrogen-bond donors (Lipinski definition) is 1. The minimum atomic E-state index is -0.811. The first kappa shape index (κ1) is 22.2. The van der Waals surface area contributed by atoms with Crippen molar-refractivity contribution in [3.63, 3.8) is 0 Å². The van der Waals surface area contributed by atoms with E-state index in [0.29, 0.717) is 30.9 Å². The van der Waals surface area contributed by atoms with Gasteiger partial charge in [-0.1, -0.05) is 24.8 Å². The summed E-state index contributed by atoms with van der Waals surface area (Å²) >= 11 is 0. The number of carbonyl (C=O) groups is 2. The van der Waals surface area contributed by atoms with Crippen molar-refractivity contribution in [3.05, 3.63) is 83.7 Å². The van der Waals surface area contributed by atoms with E-state index in [1.807, 2.05) is 0 Å². The molecule has 0 aromatic heterocycles. The van der Waals surface area contributed by atoms with Gasteiger partial charge < -0.3 is 19.5 Å². The number of ether oxygens (including phenoxy) is 2.